The van der Waals surface area contributed by atoms with Gasteiger partial charge in [0.05, 0.1) is 4.90 Å². The molecule has 0 bridgehead atoms. The summed E-state index contributed by atoms with van der Waals surface area (Å²) in [5.74, 6) is -0.517. The fraction of sp³-hybridized carbons (Fsp3) is 0.478. The van der Waals surface area contributed by atoms with Crippen LogP contribution < -0.4 is 15.8 Å². The highest BCUT2D eigenvalue weighted by atomic mass is 32.2. The molecule has 1 amide bonds. The standard InChI is InChI=1S/C23H34N6O5S/c1-2-34-23(31)29-14-12-28(13-15-29)21(30)20(8-5-11-26-22(24)25)27-35(32,33)19-10-9-17-6-3-4-7-18(17)16-19/h3-4,6-7,9-10,16,20,23,27,31H,2,5,8,11-15H2,1H3,(H4,24,25,26)/t20-,23?/m0/s1. The van der Waals surface area contributed by atoms with E-state index in [1.807, 2.05) is 24.3 Å². The Morgan fingerprint density at radius 1 is 1.17 bits per heavy atom. The number of aliphatic hydroxyl groups excluding tert-OH is 1. The fourth-order valence-corrected chi connectivity index (χ4v) is 5.25. The van der Waals surface area contributed by atoms with Crippen LogP contribution in [0.2, 0.25) is 0 Å². The third kappa shape index (κ3) is 7.36. The van der Waals surface area contributed by atoms with E-state index in [0.717, 1.165) is 10.8 Å². The van der Waals surface area contributed by atoms with Crippen molar-refractivity contribution in [1.82, 2.24) is 19.8 Å². The van der Waals surface area contributed by atoms with Gasteiger partial charge < -0.3 is 25.8 Å². The first-order chi connectivity index (χ1) is 16.7. The first-order valence-electron chi connectivity index (χ1n) is 11.6. The lowest BCUT2D eigenvalue weighted by Crippen LogP contribution is -2.56. The van der Waals surface area contributed by atoms with E-state index in [0.29, 0.717) is 45.8 Å². The first-order valence-corrected chi connectivity index (χ1v) is 13.1. The second kappa shape index (κ2) is 12.3. The van der Waals surface area contributed by atoms with Crippen LogP contribution in [0.25, 0.3) is 10.8 Å². The van der Waals surface area contributed by atoms with Crippen molar-refractivity contribution in [3.8, 4) is 0 Å². The minimum Gasteiger partial charge on any atom is -0.370 e. The molecule has 0 radical (unpaired) electrons. The van der Waals surface area contributed by atoms with Crippen molar-refractivity contribution in [1.29, 1.82) is 5.41 Å². The highest BCUT2D eigenvalue weighted by molar-refractivity contribution is 7.89. The van der Waals surface area contributed by atoms with E-state index in [2.05, 4.69) is 10.0 Å². The molecule has 3 rings (SSSR count). The summed E-state index contributed by atoms with van der Waals surface area (Å²) in [7, 11) is -3.97. The van der Waals surface area contributed by atoms with E-state index >= 15 is 0 Å². The summed E-state index contributed by atoms with van der Waals surface area (Å²) in [6, 6.07) is 11.3. The van der Waals surface area contributed by atoms with Crippen molar-refractivity contribution in [2.75, 3.05) is 39.3 Å². The number of sulfonamides is 1. The number of hydrogen-bond donors (Lipinski definition) is 5. The van der Waals surface area contributed by atoms with Gasteiger partial charge in [-0.2, -0.15) is 4.72 Å². The van der Waals surface area contributed by atoms with E-state index in [9.17, 15) is 18.3 Å². The van der Waals surface area contributed by atoms with Gasteiger partial charge in [0, 0.05) is 39.3 Å². The van der Waals surface area contributed by atoms with E-state index in [1.54, 1.807) is 28.9 Å². The molecule has 11 nitrogen and oxygen atoms in total. The number of rotatable bonds is 11. The number of carbonyl (C=O) groups excluding carboxylic acids is 1. The lowest BCUT2D eigenvalue weighted by atomic mass is 10.1. The quantitative estimate of drug-likeness (QED) is 0.125. The van der Waals surface area contributed by atoms with Crippen molar-refractivity contribution < 1.29 is 23.1 Å². The van der Waals surface area contributed by atoms with Crippen LogP contribution in [0.1, 0.15) is 19.8 Å². The normalized spacial score (nSPS) is 16.7. The number of carbonyl (C=O) groups is 1. The number of hydrogen-bond acceptors (Lipinski definition) is 7. The number of amides is 1. The fourth-order valence-electron chi connectivity index (χ4n) is 3.99. The zero-order valence-electron chi connectivity index (χ0n) is 19.8. The summed E-state index contributed by atoms with van der Waals surface area (Å²) in [5, 5.41) is 21.7. The lowest BCUT2D eigenvalue weighted by Gasteiger charge is -2.38. The molecule has 1 aliphatic rings. The van der Waals surface area contributed by atoms with Crippen LogP contribution in [-0.4, -0.2) is 87.0 Å². The lowest BCUT2D eigenvalue weighted by molar-refractivity contribution is -0.199. The monoisotopic (exact) mass is 506 g/mol. The van der Waals surface area contributed by atoms with Crippen molar-refractivity contribution >= 4 is 32.7 Å². The maximum Gasteiger partial charge on any atom is 0.241 e. The number of ether oxygens (including phenoxy) is 1. The topological polar surface area (TPSA) is 161 Å². The van der Waals surface area contributed by atoms with E-state index in [-0.39, 0.29) is 23.2 Å². The molecule has 12 heteroatoms. The largest absolute Gasteiger partial charge is 0.370 e. The molecule has 1 aliphatic heterocycles. The van der Waals surface area contributed by atoms with Gasteiger partial charge in [0.2, 0.25) is 22.3 Å². The maximum atomic E-state index is 13.3. The van der Waals surface area contributed by atoms with Crippen LogP contribution in [0.3, 0.4) is 0 Å². The van der Waals surface area contributed by atoms with Gasteiger partial charge in [-0.3, -0.25) is 15.1 Å². The van der Waals surface area contributed by atoms with Gasteiger partial charge in [-0.05, 0) is 42.7 Å². The summed E-state index contributed by atoms with van der Waals surface area (Å²) < 4.78 is 34.2. The number of benzene rings is 2. The molecule has 35 heavy (non-hydrogen) atoms. The molecule has 1 unspecified atom stereocenters. The van der Waals surface area contributed by atoms with Crippen LogP contribution in [0, 0.1) is 5.41 Å². The molecule has 1 heterocycles. The van der Waals surface area contributed by atoms with Crippen LogP contribution >= 0.6 is 0 Å². The Morgan fingerprint density at radius 2 is 1.86 bits per heavy atom. The number of nitrogens with one attached hydrogen (secondary N) is 3. The third-order valence-electron chi connectivity index (χ3n) is 5.87. The summed E-state index contributed by atoms with van der Waals surface area (Å²) >= 11 is 0. The van der Waals surface area contributed by atoms with Crippen molar-refractivity contribution in [3.63, 3.8) is 0 Å². The summed E-state index contributed by atoms with van der Waals surface area (Å²) in [6.45, 7) is 3.98. The molecule has 1 saturated heterocycles. The molecule has 6 N–H and O–H groups in total. The molecule has 1 fully saturated rings. The average Bonchev–Trinajstić information content (AvgIpc) is 2.85. The minimum atomic E-state index is -3.97. The molecule has 0 aliphatic carbocycles. The SMILES string of the molecule is CCOC(O)N1CCN(C(=O)[C@H](CCCNC(=N)N)NS(=O)(=O)c2ccc3ccccc3c2)CC1. The Labute approximate surface area is 205 Å². The van der Waals surface area contributed by atoms with Crippen LogP contribution in [-0.2, 0) is 19.6 Å². The van der Waals surface area contributed by atoms with E-state index < -0.39 is 22.5 Å². The third-order valence-corrected chi connectivity index (χ3v) is 7.34. The van der Waals surface area contributed by atoms with Gasteiger partial charge in [-0.15, -0.1) is 0 Å². The van der Waals surface area contributed by atoms with Crippen LogP contribution in [0.15, 0.2) is 47.4 Å². The number of nitrogens with two attached hydrogens (primary N) is 1. The van der Waals surface area contributed by atoms with Gasteiger partial charge in [0.15, 0.2) is 5.96 Å². The Bertz CT molecular complexity index is 1120. The van der Waals surface area contributed by atoms with Crippen molar-refractivity contribution in [2.24, 2.45) is 5.73 Å². The minimum absolute atomic E-state index is 0.0838. The Kier molecular flexibility index (Phi) is 9.40. The molecular weight excluding hydrogens is 472 g/mol. The smallest absolute Gasteiger partial charge is 0.241 e. The number of aliphatic hydroxyl groups is 1. The number of piperazine rings is 1. The van der Waals surface area contributed by atoms with E-state index in [4.69, 9.17) is 15.9 Å². The average molecular weight is 507 g/mol. The Balaban J connectivity index is 1.73. The van der Waals surface area contributed by atoms with Crippen LogP contribution in [0.4, 0.5) is 0 Å². The number of fused-ring (bicyclic) bond motifs is 1. The molecule has 2 atom stereocenters. The molecule has 0 aromatic heterocycles. The summed E-state index contributed by atoms with van der Waals surface area (Å²) in [4.78, 5) is 16.8. The summed E-state index contributed by atoms with van der Waals surface area (Å²) in [6.07, 6.45) is -0.371. The molecular formula is C23H34N6O5S. The van der Waals surface area contributed by atoms with Crippen molar-refractivity contribution in [3.05, 3.63) is 42.5 Å². The number of guanidine groups is 1. The van der Waals surface area contributed by atoms with Gasteiger partial charge >= 0.3 is 0 Å². The zero-order chi connectivity index (χ0) is 25.4. The van der Waals surface area contributed by atoms with Gasteiger partial charge in [-0.25, -0.2) is 8.42 Å². The van der Waals surface area contributed by atoms with E-state index in [1.165, 1.54) is 6.07 Å². The first kappa shape index (κ1) is 26.8. The molecule has 2 aromatic carbocycles. The highest BCUT2D eigenvalue weighted by Gasteiger charge is 2.32. The van der Waals surface area contributed by atoms with Gasteiger partial charge in [0.1, 0.15) is 6.04 Å². The molecule has 192 valence electrons. The highest BCUT2D eigenvalue weighted by Crippen LogP contribution is 2.20. The Morgan fingerprint density at radius 3 is 2.51 bits per heavy atom. The number of nitrogens with zero attached hydrogens (tertiary/aromatic N) is 2. The van der Waals surface area contributed by atoms with Crippen LogP contribution in [0.5, 0.6) is 0 Å². The maximum absolute atomic E-state index is 13.3. The molecule has 0 saturated carbocycles. The molecule has 0 spiro atoms. The Hall–Kier alpha value is -2.77. The zero-order valence-corrected chi connectivity index (χ0v) is 20.6. The second-order valence-corrected chi connectivity index (χ2v) is 10.0. The van der Waals surface area contributed by atoms with Crippen molar-refractivity contribution in [2.45, 2.75) is 37.1 Å². The van der Waals surface area contributed by atoms with Gasteiger partial charge in [-0.1, -0.05) is 30.3 Å². The predicted octanol–water partition coefficient (Wildman–Crippen LogP) is 0.207. The molecule has 2 aromatic rings. The predicted molar refractivity (Wildman–Crippen MR) is 133 cm³/mol. The van der Waals surface area contributed by atoms with Gasteiger partial charge in [0.25, 0.3) is 0 Å². The second-order valence-electron chi connectivity index (χ2n) is 8.31. The summed E-state index contributed by atoms with van der Waals surface area (Å²) in [5.41, 5.74) is 5.32.